The van der Waals surface area contributed by atoms with Crippen molar-refractivity contribution in [3.63, 3.8) is 0 Å². The van der Waals surface area contributed by atoms with Crippen LogP contribution in [0.4, 0.5) is 4.39 Å². The first-order chi connectivity index (χ1) is 12.1. The van der Waals surface area contributed by atoms with Gasteiger partial charge >= 0.3 is 0 Å². The smallest absolute Gasteiger partial charge is 0.175 e. The molecule has 0 aliphatic heterocycles. The molecule has 25 heavy (non-hydrogen) atoms. The highest BCUT2D eigenvalue weighted by Gasteiger charge is 2.09. The summed E-state index contributed by atoms with van der Waals surface area (Å²) in [5, 5.41) is 2.64. The zero-order chi connectivity index (χ0) is 17.6. The number of aromatic nitrogens is 3. The molecule has 126 valence electrons. The summed E-state index contributed by atoms with van der Waals surface area (Å²) < 4.78 is 13.8. The maximum Gasteiger partial charge on any atom is 0.175 e. The first kappa shape index (κ1) is 16.9. The Bertz CT molecular complexity index is 918. The Balaban J connectivity index is 1.96. The molecule has 5 nitrogen and oxygen atoms in total. The van der Waals surface area contributed by atoms with Gasteiger partial charge in [-0.05, 0) is 25.1 Å². The average molecular weight is 353 g/mol. The van der Waals surface area contributed by atoms with E-state index in [0.717, 1.165) is 5.69 Å². The van der Waals surface area contributed by atoms with Crippen molar-refractivity contribution < 1.29 is 4.39 Å². The number of rotatable bonds is 5. The van der Waals surface area contributed by atoms with E-state index in [9.17, 15) is 4.39 Å². The highest BCUT2D eigenvalue weighted by Crippen LogP contribution is 2.15. The standard InChI is InChI=1S/C18H16FN5S/c1-12-11-25-18(24-12)16(9-15(20)17-21-7-4-8-22-17)23-10-13-5-2-3-6-14(13)19/h2-9,11H,10,20H2,1H3. The number of allylic oxidation sites excluding steroid dienone is 1. The number of aryl methyl sites for hydroxylation is 1. The van der Waals surface area contributed by atoms with Crippen molar-refractivity contribution in [1.29, 1.82) is 0 Å². The molecule has 3 rings (SSSR count). The van der Waals surface area contributed by atoms with Crippen molar-refractivity contribution in [2.24, 2.45) is 10.7 Å². The SMILES string of the molecule is Cc1csc(C(C=C(N)c2ncccn2)=NCc2ccccc2F)n1. The van der Waals surface area contributed by atoms with E-state index in [0.29, 0.717) is 27.8 Å². The molecule has 0 bridgehead atoms. The molecule has 3 aromatic rings. The summed E-state index contributed by atoms with van der Waals surface area (Å²) in [6.07, 6.45) is 4.91. The van der Waals surface area contributed by atoms with Crippen molar-refractivity contribution in [2.45, 2.75) is 13.5 Å². The quantitative estimate of drug-likeness (QED) is 0.714. The van der Waals surface area contributed by atoms with E-state index in [1.807, 2.05) is 12.3 Å². The minimum absolute atomic E-state index is 0.195. The fourth-order valence-corrected chi connectivity index (χ4v) is 2.88. The topological polar surface area (TPSA) is 77.0 Å². The van der Waals surface area contributed by atoms with Crippen LogP contribution in [0.25, 0.3) is 5.70 Å². The van der Waals surface area contributed by atoms with Crippen LogP contribution in [0.15, 0.2) is 59.2 Å². The van der Waals surface area contributed by atoms with Gasteiger partial charge < -0.3 is 5.73 Å². The van der Waals surface area contributed by atoms with Crippen molar-refractivity contribution in [2.75, 3.05) is 0 Å². The van der Waals surface area contributed by atoms with Crippen molar-refractivity contribution in [3.8, 4) is 0 Å². The summed E-state index contributed by atoms with van der Waals surface area (Å²) in [6, 6.07) is 8.27. The molecule has 1 aromatic carbocycles. The van der Waals surface area contributed by atoms with Gasteiger partial charge in [-0.2, -0.15) is 0 Å². The van der Waals surface area contributed by atoms with Crippen LogP contribution in [0.1, 0.15) is 22.1 Å². The lowest BCUT2D eigenvalue weighted by molar-refractivity contribution is 0.611. The number of aliphatic imine (C=N–C) groups is 1. The fraction of sp³-hybridized carbons (Fsp3) is 0.111. The molecule has 0 fully saturated rings. The van der Waals surface area contributed by atoms with Crippen molar-refractivity contribution in [1.82, 2.24) is 15.0 Å². The van der Waals surface area contributed by atoms with Crippen molar-refractivity contribution in [3.05, 3.63) is 82.1 Å². The molecule has 0 aliphatic carbocycles. The van der Waals surface area contributed by atoms with Crippen LogP contribution in [-0.4, -0.2) is 20.7 Å². The molecule has 2 heterocycles. The summed E-state index contributed by atoms with van der Waals surface area (Å²) in [5.74, 6) is 0.124. The first-order valence-corrected chi connectivity index (χ1v) is 8.46. The lowest BCUT2D eigenvalue weighted by Crippen LogP contribution is -2.07. The number of thiazole rings is 1. The van der Waals surface area contributed by atoms with Crippen molar-refractivity contribution >= 4 is 22.7 Å². The average Bonchev–Trinajstić information content (AvgIpc) is 3.06. The molecular formula is C18H16FN5S. The number of nitrogens with two attached hydrogens (primary N) is 1. The highest BCUT2D eigenvalue weighted by atomic mass is 32.1. The van der Waals surface area contributed by atoms with E-state index in [4.69, 9.17) is 5.73 Å². The Labute approximate surface area is 148 Å². The molecule has 0 radical (unpaired) electrons. The third-order valence-electron chi connectivity index (χ3n) is 3.33. The van der Waals surface area contributed by atoms with Crippen LogP contribution in [0.5, 0.6) is 0 Å². The largest absolute Gasteiger partial charge is 0.396 e. The van der Waals surface area contributed by atoms with E-state index in [2.05, 4.69) is 19.9 Å². The Morgan fingerprint density at radius 3 is 2.68 bits per heavy atom. The lowest BCUT2D eigenvalue weighted by atomic mass is 10.2. The molecule has 2 N–H and O–H groups in total. The van der Waals surface area contributed by atoms with E-state index in [1.165, 1.54) is 17.4 Å². The van der Waals surface area contributed by atoms with Gasteiger partial charge in [0, 0.05) is 29.0 Å². The molecule has 0 saturated carbocycles. The summed E-state index contributed by atoms with van der Waals surface area (Å²) >= 11 is 1.46. The molecule has 0 unspecified atom stereocenters. The number of hydrogen-bond donors (Lipinski definition) is 1. The van der Waals surface area contributed by atoms with Crippen LogP contribution < -0.4 is 5.73 Å². The van der Waals surface area contributed by atoms with Gasteiger partial charge in [-0.1, -0.05) is 18.2 Å². The van der Waals surface area contributed by atoms with Gasteiger partial charge in [0.2, 0.25) is 0 Å². The van der Waals surface area contributed by atoms with Gasteiger partial charge in [-0.15, -0.1) is 11.3 Å². The summed E-state index contributed by atoms with van der Waals surface area (Å²) in [6.45, 7) is 2.10. The zero-order valence-corrected chi connectivity index (χ0v) is 14.4. The van der Waals surface area contributed by atoms with E-state index in [-0.39, 0.29) is 12.4 Å². The molecule has 2 aromatic heterocycles. The molecular weight excluding hydrogens is 337 g/mol. The summed E-state index contributed by atoms with van der Waals surface area (Å²) in [5.41, 5.74) is 8.45. The van der Waals surface area contributed by atoms with Gasteiger partial charge in [0.05, 0.1) is 18.0 Å². The summed E-state index contributed by atoms with van der Waals surface area (Å²) in [7, 11) is 0. The number of halogens is 1. The Kier molecular flexibility index (Phi) is 5.25. The monoisotopic (exact) mass is 353 g/mol. The van der Waals surface area contributed by atoms with E-state index < -0.39 is 0 Å². The number of hydrogen-bond acceptors (Lipinski definition) is 6. The predicted molar refractivity (Wildman–Crippen MR) is 97.7 cm³/mol. The van der Waals surface area contributed by atoms with Crippen LogP contribution in [-0.2, 0) is 6.54 Å². The second kappa shape index (κ2) is 7.76. The Hall–Kier alpha value is -2.93. The van der Waals surface area contributed by atoms with Gasteiger partial charge in [0.25, 0.3) is 0 Å². The van der Waals surface area contributed by atoms with Gasteiger partial charge in [-0.3, -0.25) is 4.99 Å². The van der Waals surface area contributed by atoms with Gasteiger partial charge in [-0.25, -0.2) is 19.3 Å². The van der Waals surface area contributed by atoms with Crippen LogP contribution in [0.3, 0.4) is 0 Å². The van der Waals surface area contributed by atoms with Crippen LogP contribution >= 0.6 is 11.3 Å². The highest BCUT2D eigenvalue weighted by molar-refractivity contribution is 7.12. The first-order valence-electron chi connectivity index (χ1n) is 7.58. The molecule has 7 heteroatoms. The Morgan fingerprint density at radius 2 is 2.00 bits per heavy atom. The summed E-state index contributed by atoms with van der Waals surface area (Å²) in [4.78, 5) is 17.2. The maximum atomic E-state index is 13.8. The lowest BCUT2D eigenvalue weighted by Gasteiger charge is -2.03. The zero-order valence-electron chi connectivity index (χ0n) is 13.6. The molecule has 0 atom stereocenters. The third-order valence-corrected chi connectivity index (χ3v) is 4.31. The van der Waals surface area contributed by atoms with E-state index >= 15 is 0 Å². The third kappa shape index (κ3) is 4.33. The predicted octanol–water partition coefficient (Wildman–Crippen LogP) is 3.37. The molecule has 0 saturated heterocycles. The van der Waals surface area contributed by atoms with Crippen LogP contribution in [0.2, 0.25) is 0 Å². The fourth-order valence-electron chi connectivity index (χ4n) is 2.10. The number of benzene rings is 1. The Morgan fingerprint density at radius 1 is 1.24 bits per heavy atom. The van der Waals surface area contributed by atoms with Gasteiger partial charge in [0.1, 0.15) is 10.8 Å². The minimum Gasteiger partial charge on any atom is -0.396 e. The normalized spacial score (nSPS) is 12.4. The molecule has 0 amide bonds. The number of nitrogens with zero attached hydrogens (tertiary/aromatic N) is 4. The van der Waals surface area contributed by atoms with Gasteiger partial charge in [0.15, 0.2) is 5.82 Å². The molecule has 0 spiro atoms. The maximum absolute atomic E-state index is 13.8. The van der Waals surface area contributed by atoms with E-state index in [1.54, 1.807) is 42.7 Å². The minimum atomic E-state index is -0.288. The molecule has 0 aliphatic rings. The second-order valence-corrected chi connectivity index (χ2v) is 6.12. The second-order valence-electron chi connectivity index (χ2n) is 5.26. The van der Waals surface area contributed by atoms with Crippen LogP contribution in [0, 0.1) is 12.7 Å².